The molecule has 1 aromatic carbocycles. The third kappa shape index (κ3) is 2.51. The first-order valence-corrected chi connectivity index (χ1v) is 5.59. The molecule has 1 heterocycles. The number of aryl methyl sites for hydroxylation is 1. The van der Waals surface area contributed by atoms with Crippen molar-refractivity contribution in [3.05, 3.63) is 67.2 Å². The summed E-state index contributed by atoms with van der Waals surface area (Å²) >= 11 is 5.88. The zero-order valence-corrected chi connectivity index (χ0v) is 10.3. The van der Waals surface area contributed by atoms with Gasteiger partial charge < -0.3 is 0 Å². The molecule has 0 atom stereocenters. The maximum atomic E-state index is 12.9. The average molecular weight is 269 g/mol. The molecule has 0 radical (unpaired) electrons. The van der Waals surface area contributed by atoms with Crippen molar-refractivity contribution in [1.29, 1.82) is 0 Å². The van der Waals surface area contributed by atoms with Crippen molar-refractivity contribution < 1.29 is 4.39 Å². The normalized spacial score (nSPS) is 10.6. The Hall–Kier alpha value is -1.88. The molecule has 0 aliphatic rings. The van der Waals surface area contributed by atoms with Crippen LogP contribution in [-0.2, 0) is 6.54 Å². The molecule has 1 N–H and O–H groups in total. The van der Waals surface area contributed by atoms with Crippen molar-refractivity contribution >= 4 is 11.6 Å². The molecule has 18 heavy (non-hydrogen) atoms. The first-order chi connectivity index (χ1) is 8.47. The summed E-state index contributed by atoms with van der Waals surface area (Å²) in [5.74, 6) is -0.436. The fraction of sp³-hybridized carbons (Fsp3) is 0.167. The van der Waals surface area contributed by atoms with Gasteiger partial charge in [-0.2, -0.15) is 0 Å². The number of hydrogen-bond acceptors (Lipinski definition) is 2. The lowest BCUT2D eigenvalue weighted by atomic mass is 10.2. The van der Waals surface area contributed by atoms with Gasteiger partial charge in [-0.15, -0.1) is 0 Å². The Bertz CT molecular complexity index is 706. The molecule has 0 amide bonds. The highest BCUT2D eigenvalue weighted by atomic mass is 35.5. The Morgan fingerprint density at radius 1 is 1.39 bits per heavy atom. The number of nitrogens with one attached hydrogen (secondary N) is 1. The molecule has 0 saturated heterocycles. The zero-order chi connectivity index (χ0) is 13.3. The minimum atomic E-state index is -0.522. The van der Waals surface area contributed by atoms with Gasteiger partial charge in [-0.05, 0) is 24.6 Å². The molecule has 1 aromatic heterocycles. The summed E-state index contributed by atoms with van der Waals surface area (Å²) in [6.45, 7) is 1.77. The molecule has 4 nitrogen and oxygen atoms in total. The Balaban J connectivity index is 2.43. The third-order valence-corrected chi connectivity index (χ3v) is 2.90. The first kappa shape index (κ1) is 12.6. The number of rotatable bonds is 2. The molecule has 0 unspecified atom stereocenters. The summed E-state index contributed by atoms with van der Waals surface area (Å²) in [6.07, 6.45) is 1.45. The van der Waals surface area contributed by atoms with Gasteiger partial charge in [0.25, 0.3) is 5.56 Å². The van der Waals surface area contributed by atoms with Crippen molar-refractivity contribution in [2.24, 2.45) is 0 Å². The number of halogens is 2. The summed E-state index contributed by atoms with van der Waals surface area (Å²) in [7, 11) is 0. The summed E-state index contributed by atoms with van der Waals surface area (Å²) in [5.41, 5.74) is 0.0897. The van der Waals surface area contributed by atoms with Gasteiger partial charge in [-0.25, -0.2) is 9.18 Å². The predicted octanol–water partition coefficient (Wildman–Crippen LogP) is 1.69. The maximum absolute atomic E-state index is 12.9. The van der Waals surface area contributed by atoms with Crippen molar-refractivity contribution in [1.82, 2.24) is 9.55 Å². The Morgan fingerprint density at radius 3 is 2.78 bits per heavy atom. The lowest BCUT2D eigenvalue weighted by Crippen LogP contribution is -2.31. The molecule has 0 aliphatic heterocycles. The molecule has 0 spiro atoms. The van der Waals surface area contributed by atoms with Gasteiger partial charge in [0.1, 0.15) is 5.82 Å². The first-order valence-electron chi connectivity index (χ1n) is 5.21. The van der Waals surface area contributed by atoms with E-state index in [0.29, 0.717) is 11.1 Å². The van der Waals surface area contributed by atoms with Crippen molar-refractivity contribution in [2.45, 2.75) is 13.5 Å². The standard InChI is InChI=1S/C12H10ClFN2O2/c1-7-5-16(12(18)15-11(7)17)6-8-2-3-9(14)4-10(8)13/h2-5H,6H2,1H3,(H,15,17,18). The predicted molar refractivity (Wildman–Crippen MR) is 66.6 cm³/mol. The Morgan fingerprint density at radius 2 is 2.11 bits per heavy atom. The molecule has 0 saturated carbocycles. The number of H-pyrrole nitrogens is 1. The van der Waals surface area contributed by atoms with E-state index in [2.05, 4.69) is 4.98 Å². The second kappa shape index (κ2) is 4.78. The SMILES string of the molecule is Cc1cn(Cc2ccc(F)cc2Cl)c(=O)[nH]c1=O. The second-order valence-electron chi connectivity index (χ2n) is 3.94. The molecule has 94 valence electrons. The number of aromatic amines is 1. The Kier molecular flexibility index (Phi) is 3.34. The van der Waals surface area contributed by atoms with Crippen LogP contribution in [0, 0.1) is 12.7 Å². The second-order valence-corrected chi connectivity index (χ2v) is 4.34. The molecule has 2 aromatic rings. The third-order valence-electron chi connectivity index (χ3n) is 2.54. The fourth-order valence-electron chi connectivity index (χ4n) is 1.57. The van der Waals surface area contributed by atoms with Gasteiger partial charge in [0.2, 0.25) is 0 Å². The van der Waals surface area contributed by atoms with Crippen LogP contribution in [0.3, 0.4) is 0 Å². The highest BCUT2D eigenvalue weighted by molar-refractivity contribution is 6.31. The number of aromatic nitrogens is 2. The summed E-state index contributed by atoms with van der Waals surface area (Å²) in [5, 5.41) is 0.241. The minimum Gasteiger partial charge on any atom is -0.296 e. The van der Waals surface area contributed by atoms with Gasteiger partial charge in [-0.3, -0.25) is 14.3 Å². The summed E-state index contributed by atoms with van der Waals surface area (Å²) in [4.78, 5) is 25.0. The van der Waals surface area contributed by atoms with E-state index >= 15 is 0 Å². The van der Waals surface area contributed by atoms with E-state index in [1.165, 1.54) is 29.0 Å². The van der Waals surface area contributed by atoms with Crippen LogP contribution in [0.25, 0.3) is 0 Å². The number of hydrogen-bond donors (Lipinski definition) is 1. The minimum absolute atomic E-state index is 0.176. The lowest BCUT2D eigenvalue weighted by Gasteiger charge is -2.07. The summed E-state index contributed by atoms with van der Waals surface area (Å²) < 4.78 is 14.2. The molecule has 0 fully saturated rings. The largest absolute Gasteiger partial charge is 0.328 e. The summed E-state index contributed by atoms with van der Waals surface area (Å²) in [6, 6.07) is 3.95. The van der Waals surface area contributed by atoms with Crippen LogP contribution in [0.5, 0.6) is 0 Å². The van der Waals surface area contributed by atoms with E-state index in [4.69, 9.17) is 11.6 Å². The number of benzene rings is 1. The fourth-order valence-corrected chi connectivity index (χ4v) is 1.80. The van der Waals surface area contributed by atoms with Crippen LogP contribution in [0.2, 0.25) is 5.02 Å². The van der Waals surface area contributed by atoms with Crippen LogP contribution in [-0.4, -0.2) is 9.55 Å². The quantitative estimate of drug-likeness (QED) is 0.901. The molecule has 6 heteroatoms. The van der Waals surface area contributed by atoms with E-state index < -0.39 is 17.1 Å². The highest BCUT2D eigenvalue weighted by Gasteiger charge is 2.06. The van der Waals surface area contributed by atoms with Gasteiger partial charge >= 0.3 is 5.69 Å². The lowest BCUT2D eigenvalue weighted by molar-refractivity contribution is 0.625. The topological polar surface area (TPSA) is 54.9 Å². The zero-order valence-electron chi connectivity index (χ0n) is 9.54. The highest BCUT2D eigenvalue weighted by Crippen LogP contribution is 2.17. The monoisotopic (exact) mass is 268 g/mol. The van der Waals surface area contributed by atoms with Gasteiger partial charge in [0.15, 0.2) is 0 Å². The van der Waals surface area contributed by atoms with Crippen LogP contribution < -0.4 is 11.2 Å². The maximum Gasteiger partial charge on any atom is 0.328 e. The van der Waals surface area contributed by atoms with E-state index in [-0.39, 0.29) is 11.6 Å². The van der Waals surface area contributed by atoms with Crippen LogP contribution in [0.4, 0.5) is 4.39 Å². The van der Waals surface area contributed by atoms with Crippen LogP contribution in [0.15, 0.2) is 34.0 Å². The Labute approximate surface area is 107 Å². The van der Waals surface area contributed by atoms with Crippen molar-refractivity contribution in [3.63, 3.8) is 0 Å². The molecule has 2 rings (SSSR count). The molecule has 0 bridgehead atoms. The van der Waals surface area contributed by atoms with E-state index in [0.717, 1.165) is 0 Å². The van der Waals surface area contributed by atoms with E-state index in [1.807, 2.05) is 0 Å². The van der Waals surface area contributed by atoms with E-state index in [9.17, 15) is 14.0 Å². The average Bonchev–Trinajstić information content (AvgIpc) is 2.29. The molecular formula is C12H10ClFN2O2. The van der Waals surface area contributed by atoms with Crippen molar-refractivity contribution in [2.75, 3.05) is 0 Å². The van der Waals surface area contributed by atoms with Crippen LogP contribution in [0.1, 0.15) is 11.1 Å². The number of nitrogens with zero attached hydrogens (tertiary/aromatic N) is 1. The van der Waals surface area contributed by atoms with Crippen LogP contribution >= 0.6 is 11.6 Å². The van der Waals surface area contributed by atoms with Gasteiger partial charge in [-0.1, -0.05) is 17.7 Å². The molecular weight excluding hydrogens is 259 g/mol. The van der Waals surface area contributed by atoms with Gasteiger partial charge in [0, 0.05) is 16.8 Å². The van der Waals surface area contributed by atoms with Gasteiger partial charge in [0.05, 0.1) is 6.54 Å². The molecule has 0 aliphatic carbocycles. The van der Waals surface area contributed by atoms with E-state index in [1.54, 1.807) is 6.92 Å². The smallest absolute Gasteiger partial charge is 0.296 e. The van der Waals surface area contributed by atoms with Crippen molar-refractivity contribution in [3.8, 4) is 0 Å².